The molecule has 0 saturated heterocycles. The second-order valence-electron chi connectivity index (χ2n) is 3.87. The molecule has 0 aliphatic carbocycles. The number of aliphatic hydroxyl groups excluding tert-OH is 1. The van der Waals surface area contributed by atoms with E-state index >= 15 is 0 Å². The van der Waals surface area contributed by atoms with Crippen LogP contribution >= 0.6 is 45.9 Å². The molecular weight excluding hydrogens is 307 g/mol. The summed E-state index contributed by atoms with van der Waals surface area (Å²) in [6.07, 6.45) is -0.710. The normalized spacial score (nSPS) is 13.1. The molecule has 1 aromatic carbocycles. The summed E-state index contributed by atoms with van der Waals surface area (Å²) in [7, 11) is 0. The Balaban J connectivity index is 2.06. The van der Waals surface area contributed by atoms with Crippen LogP contribution in [0.15, 0.2) is 36.4 Å². The van der Waals surface area contributed by atoms with Crippen molar-refractivity contribution in [1.82, 2.24) is 0 Å². The Morgan fingerprint density at radius 2 is 1.83 bits per heavy atom. The van der Waals surface area contributed by atoms with Crippen molar-refractivity contribution in [3.8, 4) is 0 Å². The standard InChI is InChI=1S/C13H8Cl2OS2/c14-11-6-8(13(15)18-11)12(16)10-5-7-3-1-2-4-9(7)17-10/h1-6,12,16H. The number of fused-ring (bicyclic) bond motifs is 1. The molecule has 3 aromatic rings. The van der Waals surface area contributed by atoms with E-state index in [1.807, 2.05) is 30.3 Å². The largest absolute Gasteiger partial charge is 0.383 e. The lowest BCUT2D eigenvalue weighted by Crippen LogP contribution is -1.94. The fraction of sp³-hybridized carbons (Fsp3) is 0.0769. The first-order valence-electron chi connectivity index (χ1n) is 5.26. The summed E-state index contributed by atoms with van der Waals surface area (Å²) in [4.78, 5) is 0.882. The van der Waals surface area contributed by atoms with Crippen LogP contribution in [0.4, 0.5) is 0 Å². The second kappa shape index (κ2) is 4.83. The third kappa shape index (κ3) is 2.17. The van der Waals surface area contributed by atoms with Gasteiger partial charge >= 0.3 is 0 Å². The third-order valence-electron chi connectivity index (χ3n) is 2.69. The van der Waals surface area contributed by atoms with Crippen molar-refractivity contribution in [2.45, 2.75) is 6.10 Å². The Hall–Kier alpha value is -0.580. The molecular formula is C13H8Cl2OS2. The van der Waals surface area contributed by atoms with Gasteiger partial charge < -0.3 is 5.11 Å². The van der Waals surface area contributed by atoms with Crippen molar-refractivity contribution >= 4 is 56.0 Å². The van der Waals surface area contributed by atoms with Gasteiger partial charge in [-0.05, 0) is 23.6 Å². The zero-order valence-corrected chi connectivity index (χ0v) is 12.2. The topological polar surface area (TPSA) is 20.2 Å². The highest BCUT2D eigenvalue weighted by atomic mass is 35.5. The van der Waals surface area contributed by atoms with Crippen molar-refractivity contribution in [3.63, 3.8) is 0 Å². The molecule has 0 bridgehead atoms. The van der Waals surface area contributed by atoms with Crippen LogP contribution in [-0.4, -0.2) is 5.11 Å². The van der Waals surface area contributed by atoms with E-state index in [-0.39, 0.29) is 0 Å². The van der Waals surface area contributed by atoms with E-state index in [0.29, 0.717) is 14.2 Å². The number of hydrogen-bond acceptors (Lipinski definition) is 3. The first-order valence-corrected chi connectivity index (χ1v) is 7.65. The number of rotatable bonds is 2. The molecule has 2 heterocycles. The van der Waals surface area contributed by atoms with E-state index in [1.54, 1.807) is 17.4 Å². The smallest absolute Gasteiger partial charge is 0.116 e. The van der Waals surface area contributed by atoms with Crippen molar-refractivity contribution in [1.29, 1.82) is 0 Å². The quantitative estimate of drug-likeness (QED) is 0.676. The van der Waals surface area contributed by atoms with Crippen LogP contribution in [0.2, 0.25) is 8.67 Å². The molecule has 1 unspecified atom stereocenters. The van der Waals surface area contributed by atoms with Crippen LogP contribution in [0.5, 0.6) is 0 Å². The second-order valence-corrected chi connectivity index (χ2v) is 7.27. The van der Waals surface area contributed by atoms with Gasteiger partial charge in [-0.15, -0.1) is 22.7 Å². The molecule has 0 spiro atoms. The van der Waals surface area contributed by atoms with Gasteiger partial charge in [0.2, 0.25) is 0 Å². The fourth-order valence-electron chi connectivity index (χ4n) is 1.83. The van der Waals surface area contributed by atoms with Crippen LogP contribution in [0, 0.1) is 0 Å². The molecule has 0 radical (unpaired) electrons. The van der Waals surface area contributed by atoms with Gasteiger partial charge in [0.05, 0.1) is 4.34 Å². The average molecular weight is 315 g/mol. The lowest BCUT2D eigenvalue weighted by atomic mass is 10.1. The van der Waals surface area contributed by atoms with Gasteiger partial charge in [0.25, 0.3) is 0 Å². The van der Waals surface area contributed by atoms with E-state index in [9.17, 15) is 5.11 Å². The molecule has 92 valence electrons. The number of benzene rings is 1. The van der Waals surface area contributed by atoms with E-state index in [0.717, 1.165) is 15.0 Å². The molecule has 1 N–H and O–H groups in total. The van der Waals surface area contributed by atoms with Gasteiger partial charge in [-0.1, -0.05) is 41.4 Å². The first kappa shape index (κ1) is 12.5. The molecule has 1 nitrogen and oxygen atoms in total. The predicted molar refractivity (Wildman–Crippen MR) is 80.2 cm³/mol. The van der Waals surface area contributed by atoms with Crippen LogP contribution in [0.3, 0.4) is 0 Å². The summed E-state index contributed by atoms with van der Waals surface area (Å²) in [6.45, 7) is 0. The zero-order chi connectivity index (χ0) is 12.7. The van der Waals surface area contributed by atoms with Gasteiger partial charge in [0, 0.05) is 15.1 Å². The van der Waals surface area contributed by atoms with Crippen LogP contribution < -0.4 is 0 Å². The Morgan fingerprint density at radius 1 is 1.06 bits per heavy atom. The molecule has 18 heavy (non-hydrogen) atoms. The Labute approximate surface area is 122 Å². The molecule has 0 fully saturated rings. The highest BCUT2D eigenvalue weighted by Crippen LogP contribution is 2.40. The fourth-order valence-corrected chi connectivity index (χ4v) is 4.42. The van der Waals surface area contributed by atoms with Crippen molar-refractivity contribution in [2.75, 3.05) is 0 Å². The first-order chi connectivity index (χ1) is 8.65. The van der Waals surface area contributed by atoms with Gasteiger partial charge in [-0.2, -0.15) is 0 Å². The minimum atomic E-state index is -0.710. The molecule has 0 saturated carbocycles. The summed E-state index contributed by atoms with van der Waals surface area (Å²) >= 11 is 14.8. The third-order valence-corrected chi connectivity index (χ3v) is 5.38. The van der Waals surface area contributed by atoms with Crippen LogP contribution in [-0.2, 0) is 0 Å². The van der Waals surface area contributed by atoms with E-state index < -0.39 is 6.10 Å². The summed E-state index contributed by atoms with van der Waals surface area (Å²) in [5.74, 6) is 0. The van der Waals surface area contributed by atoms with Gasteiger partial charge in [0.1, 0.15) is 10.4 Å². The SMILES string of the molecule is OC(c1cc2ccccc2s1)c1cc(Cl)sc1Cl. The molecule has 0 aliphatic rings. The predicted octanol–water partition coefficient (Wildman–Crippen LogP) is 5.35. The molecule has 1 atom stereocenters. The van der Waals surface area contributed by atoms with Crippen molar-refractivity contribution < 1.29 is 5.11 Å². The van der Waals surface area contributed by atoms with Crippen molar-refractivity contribution in [2.24, 2.45) is 0 Å². The minimum absolute atomic E-state index is 0.546. The van der Waals surface area contributed by atoms with Crippen LogP contribution in [0.25, 0.3) is 10.1 Å². The van der Waals surface area contributed by atoms with E-state index in [2.05, 4.69) is 0 Å². The number of aliphatic hydroxyl groups is 1. The Morgan fingerprint density at radius 3 is 2.50 bits per heavy atom. The monoisotopic (exact) mass is 314 g/mol. The van der Waals surface area contributed by atoms with Gasteiger partial charge in [-0.25, -0.2) is 0 Å². The zero-order valence-electron chi connectivity index (χ0n) is 9.06. The number of thiophene rings is 2. The molecule has 2 aromatic heterocycles. The number of hydrogen-bond donors (Lipinski definition) is 1. The summed E-state index contributed by atoms with van der Waals surface area (Å²) in [6, 6.07) is 11.8. The van der Waals surface area contributed by atoms with Gasteiger partial charge in [-0.3, -0.25) is 0 Å². The lowest BCUT2D eigenvalue weighted by Gasteiger charge is -2.06. The summed E-state index contributed by atoms with van der Waals surface area (Å²) in [5, 5.41) is 11.5. The molecule has 0 amide bonds. The van der Waals surface area contributed by atoms with E-state index in [1.165, 1.54) is 11.3 Å². The van der Waals surface area contributed by atoms with Crippen molar-refractivity contribution in [3.05, 3.63) is 55.5 Å². The maximum Gasteiger partial charge on any atom is 0.116 e. The minimum Gasteiger partial charge on any atom is -0.383 e. The maximum absolute atomic E-state index is 10.4. The Kier molecular flexibility index (Phi) is 3.34. The Bertz CT molecular complexity index is 669. The highest BCUT2D eigenvalue weighted by molar-refractivity contribution is 7.20. The molecule has 3 rings (SSSR count). The molecule has 5 heteroatoms. The summed E-state index contributed by atoms with van der Waals surface area (Å²) in [5.41, 5.74) is 0.679. The number of halogens is 2. The summed E-state index contributed by atoms with van der Waals surface area (Å²) < 4.78 is 2.30. The maximum atomic E-state index is 10.4. The highest BCUT2D eigenvalue weighted by Gasteiger charge is 2.19. The van der Waals surface area contributed by atoms with E-state index in [4.69, 9.17) is 23.2 Å². The van der Waals surface area contributed by atoms with Gasteiger partial charge in [0.15, 0.2) is 0 Å². The lowest BCUT2D eigenvalue weighted by molar-refractivity contribution is 0.225. The van der Waals surface area contributed by atoms with Crippen LogP contribution in [0.1, 0.15) is 16.5 Å². The average Bonchev–Trinajstić information content (AvgIpc) is 2.91. The molecule has 0 aliphatic heterocycles.